The van der Waals surface area contributed by atoms with Gasteiger partial charge in [0.1, 0.15) is 5.82 Å². The topological polar surface area (TPSA) is 46.3 Å². The minimum Gasteiger partial charge on any atom is -0.355 e. The fraction of sp³-hybridized carbons (Fsp3) is 0.471. The van der Waals surface area contributed by atoms with Crippen molar-refractivity contribution in [1.82, 2.24) is 19.8 Å². The second kappa shape index (κ2) is 5.60. The number of piperidine rings is 1. The van der Waals surface area contributed by atoms with Crippen LogP contribution in [0, 0.1) is 5.41 Å². The van der Waals surface area contributed by atoms with Crippen LogP contribution in [0.4, 0.5) is 5.82 Å². The van der Waals surface area contributed by atoms with Crippen LogP contribution in [0.15, 0.2) is 29.0 Å². The van der Waals surface area contributed by atoms with Crippen LogP contribution in [0.3, 0.4) is 0 Å². The molecule has 0 bridgehead atoms. The van der Waals surface area contributed by atoms with Crippen LogP contribution in [-0.2, 0) is 0 Å². The Bertz CT molecular complexity index is 810. The summed E-state index contributed by atoms with van der Waals surface area (Å²) in [4.78, 5) is 2.41. The maximum Gasteiger partial charge on any atom is 0.186 e. The smallest absolute Gasteiger partial charge is 0.186 e. The summed E-state index contributed by atoms with van der Waals surface area (Å²) in [5.74, 6) is 1.84. The molecule has 0 aliphatic carbocycles. The van der Waals surface area contributed by atoms with E-state index in [0.29, 0.717) is 5.41 Å². The van der Waals surface area contributed by atoms with Crippen molar-refractivity contribution in [1.29, 1.82) is 0 Å². The molecule has 0 N–H and O–H groups in total. The Morgan fingerprint density at radius 1 is 1.26 bits per heavy atom. The van der Waals surface area contributed by atoms with Crippen molar-refractivity contribution in [2.45, 2.75) is 33.1 Å². The number of anilines is 1. The van der Waals surface area contributed by atoms with E-state index in [-0.39, 0.29) is 0 Å². The molecule has 4 heterocycles. The highest BCUT2D eigenvalue weighted by molar-refractivity contribution is 7.08. The Hall–Kier alpha value is -1.95. The Kier molecular flexibility index (Phi) is 3.56. The summed E-state index contributed by atoms with van der Waals surface area (Å²) >= 11 is 1.66. The van der Waals surface area contributed by atoms with Gasteiger partial charge >= 0.3 is 0 Å². The molecule has 4 rings (SSSR count). The first-order valence-corrected chi connectivity index (χ1v) is 9.13. The third-order valence-electron chi connectivity index (χ3n) is 4.99. The van der Waals surface area contributed by atoms with Crippen LogP contribution in [0.5, 0.6) is 0 Å². The monoisotopic (exact) mass is 327 g/mol. The summed E-state index contributed by atoms with van der Waals surface area (Å²) < 4.78 is 1.87. The molecule has 120 valence electrons. The maximum atomic E-state index is 4.84. The second-order valence-electron chi connectivity index (χ2n) is 6.69. The lowest BCUT2D eigenvalue weighted by Crippen LogP contribution is -2.42. The van der Waals surface area contributed by atoms with E-state index in [1.54, 1.807) is 11.3 Å². The van der Waals surface area contributed by atoms with Gasteiger partial charge in [-0.05, 0) is 48.3 Å². The van der Waals surface area contributed by atoms with Crippen LogP contribution in [-0.4, -0.2) is 32.9 Å². The summed E-state index contributed by atoms with van der Waals surface area (Å²) in [6.45, 7) is 6.81. The third-order valence-corrected chi connectivity index (χ3v) is 5.67. The molecule has 1 fully saturated rings. The predicted molar refractivity (Wildman–Crippen MR) is 93.9 cm³/mol. The molecule has 0 aromatic carbocycles. The van der Waals surface area contributed by atoms with Gasteiger partial charge in [0.05, 0.1) is 0 Å². The summed E-state index contributed by atoms with van der Waals surface area (Å²) in [5, 5.41) is 17.5. The summed E-state index contributed by atoms with van der Waals surface area (Å²) in [6, 6.07) is 6.15. The largest absolute Gasteiger partial charge is 0.355 e. The molecule has 1 saturated heterocycles. The standard InChI is InChI=1S/C17H21N5S/c1-3-17(2)8-4-9-21(12-17)15-6-5-14-18-19-16(22(14)20-15)13-7-10-23-11-13/h5-7,10-11H,3-4,8-9,12H2,1-2H3. The number of hydrogen-bond donors (Lipinski definition) is 0. The van der Waals surface area contributed by atoms with Crippen molar-refractivity contribution in [3.05, 3.63) is 29.0 Å². The molecule has 3 aromatic heterocycles. The van der Waals surface area contributed by atoms with Gasteiger partial charge in [-0.25, -0.2) is 0 Å². The molecule has 1 aliphatic heterocycles. The van der Waals surface area contributed by atoms with Gasteiger partial charge in [-0.1, -0.05) is 13.8 Å². The van der Waals surface area contributed by atoms with Crippen molar-refractivity contribution >= 4 is 22.8 Å². The van der Waals surface area contributed by atoms with Crippen molar-refractivity contribution in [2.75, 3.05) is 18.0 Å². The van der Waals surface area contributed by atoms with Gasteiger partial charge in [-0.15, -0.1) is 15.3 Å². The summed E-state index contributed by atoms with van der Waals surface area (Å²) in [7, 11) is 0. The predicted octanol–water partition coefficient (Wildman–Crippen LogP) is 3.87. The lowest BCUT2D eigenvalue weighted by atomic mass is 9.80. The molecule has 1 unspecified atom stereocenters. The van der Waals surface area contributed by atoms with Crippen LogP contribution < -0.4 is 4.90 Å². The molecule has 3 aromatic rings. The van der Waals surface area contributed by atoms with E-state index in [1.165, 1.54) is 19.3 Å². The first-order valence-electron chi connectivity index (χ1n) is 8.18. The Balaban J connectivity index is 1.72. The third kappa shape index (κ3) is 2.61. The van der Waals surface area contributed by atoms with Gasteiger partial charge < -0.3 is 4.90 Å². The lowest BCUT2D eigenvalue weighted by molar-refractivity contribution is 0.250. The van der Waals surface area contributed by atoms with Gasteiger partial charge in [0.25, 0.3) is 0 Å². The number of nitrogens with zero attached hydrogens (tertiary/aromatic N) is 5. The first-order chi connectivity index (χ1) is 11.2. The minimum absolute atomic E-state index is 0.387. The van der Waals surface area contributed by atoms with E-state index in [4.69, 9.17) is 5.10 Å². The lowest BCUT2D eigenvalue weighted by Gasteiger charge is -2.40. The highest BCUT2D eigenvalue weighted by Gasteiger charge is 2.30. The molecule has 23 heavy (non-hydrogen) atoms. The van der Waals surface area contributed by atoms with Crippen LogP contribution in [0.25, 0.3) is 17.0 Å². The first kappa shape index (κ1) is 14.6. The zero-order chi connectivity index (χ0) is 15.9. The Labute approximate surface area is 140 Å². The SMILES string of the molecule is CCC1(C)CCCN(c2ccc3nnc(-c4ccsc4)n3n2)C1. The quantitative estimate of drug-likeness (QED) is 0.732. The van der Waals surface area contributed by atoms with Gasteiger partial charge in [0, 0.05) is 24.0 Å². The highest BCUT2D eigenvalue weighted by Crippen LogP contribution is 2.34. The number of aromatic nitrogens is 4. The molecule has 0 spiro atoms. The Morgan fingerprint density at radius 2 is 2.17 bits per heavy atom. The minimum atomic E-state index is 0.387. The number of fused-ring (bicyclic) bond motifs is 1. The molecule has 1 aliphatic rings. The fourth-order valence-electron chi connectivity index (χ4n) is 3.32. The van der Waals surface area contributed by atoms with Gasteiger partial charge in [0.15, 0.2) is 11.5 Å². The summed E-state index contributed by atoms with van der Waals surface area (Å²) in [6.07, 6.45) is 3.73. The normalized spacial score (nSPS) is 21.9. The van der Waals surface area contributed by atoms with Gasteiger partial charge in [-0.3, -0.25) is 0 Å². The molecule has 5 nitrogen and oxygen atoms in total. The van der Waals surface area contributed by atoms with E-state index >= 15 is 0 Å². The fourth-order valence-corrected chi connectivity index (χ4v) is 3.95. The molecule has 0 radical (unpaired) electrons. The molecular formula is C17H21N5S. The zero-order valence-corrected chi connectivity index (χ0v) is 14.4. The molecule has 1 atom stereocenters. The maximum absolute atomic E-state index is 4.84. The average Bonchev–Trinajstić information content (AvgIpc) is 3.23. The van der Waals surface area contributed by atoms with E-state index in [9.17, 15) is 0 Å². The zero-order valence-electron chi connectivity index (χ0n) is 13.6. The Morgan fingerprint density at radius 3 is 2.96 bits per heavy atom. The molecular weight excluding hydrogens is 306 g/mol. The van der Waals surface area contributed by atoms with Crippen molar-refractivity contribution < 1.29 is 0 Å². The average molecular weight is 327 g/mol. The number of hydrogen-bond acceptors (Lipinski definition) is 5. The van der Waals surface area contributed by atoms with E-state index in [1.807, 2.05) is 10.6 Å². The summed E-state index contributed by atoms with van der Waals surface area (Å²) in [5.41, 5.74) is 2.26. The van der Waals surface area contributed by atoms with Gasteiger partial charge in [0.2, 0.25) is 0 Å². The van der Waals surface area contributed by atoms with Crippen LogP contribution >= 0.6 is 11.3 Å². The van der Waals surface area contributed by atoms with Crippen molar-refractivity contribution in [3.8, 4) is 11.4 Å². The number of thiophene rings is 1. The van der Waals surface area contributed by atoms with Gasteiger partial charge in [-0.2, -0.15) is 15.9 Å². The number of rotatable bonds is 3. The van der Waals surface area contributed by atoms with E-state index in [0.717, 1.165) is 35.9 Å². The van der Waals surface area contributed by atoms with E-state index in [2.05, 4.69) is 51.8 Å². The van der Waals surface area contributed by atoms with Crippen LogP contribution in [0.2, 0.25) is 0 Å². The second-order valence-corrected chi connectivity index (χ2v) is 7.47. The molecule has 0 saturated carbocycles. The highest BCUT2D eigenvalue weighted by atomic mass is 32.1. The molecule has 6 heteroatoms. The van der Waals surface area contributed by atoms with Crippen LogP contribution in [0.1, 0.15) is 33.1 Å². The van der Waals surface area contributed by atoms with E-state index < -0.39 is 0 Å². The van der Waals surface area contributed by atoms with Crippen molar-refractivity contribution in [2.24, 2.45) is 5.41 Å². The molecule has 0 amide bonds. The van der Waals surface area contributed by atoms with Crippen molar-refractivity contribution in [3.63, 3.8) is 0 Å².